The minimum absolute atomic E-state index is 0.108. The summed E-state index contributed by atoms with van der Waals surface area (Å²) in [5.41, 5.74) is 1.17. The quantitative estimate of drug-likeness (QED) is 0.769. The molecule has 19 heavy (non-hydrogen) atoms. The van der Waals surface area contributed by atoms with E-state index in [0.29, 0.717) is 23.0 Å². The molecule has 1 aromatic carbocycles. The Morgan fingerprint density at radius 3 is 2.68 bits per heavy atom. The number of hydrogen-bond donors (Lipinski definition) is 2. The van der Waals surface area contributed by atoms with Crippen LogP contribution in [-0.4, -0.2) is 18.2 Å². The molecule has 0 aliphatic heterocycles. The van der Waals surface area contributed by atoms with Crippen LogP contribution in [0.2, 0.25) is 10.0 Å². The lowest BCUT2D eigenvalue weighted by molar-refractivity contribution is -0.122. The highest BCUT2D eigenvalue weighted by Gasteiger charge is 2.42. The van der Waals surface area contributed by atoms with Crippen LogP contribution in [0.5, 0.6) is 0 Å². The molecular weight excluding hydrogens is 301 g/mol. The van der Waals surface area contributed by atoms with Crippen LogP contribution in [0.3, 0.4) is 0 Å². The normalized spacial score (nSPS) is 16.2. The first kappa shape index (κ1) is 15.0. The molecule has 2 rings (SSSR count). The Morgan fingerprint density at radius 2 is 2.11 bits per heavy atom. The molecule has 1 fully saturated rings. The molecule has 0 saturated heterocycles. The fourth-order valence-corrected chi connectivity index (χ4v) is 2.96. The Balaban J connectivity index is 1.75. The van der Waals surface area contributed by atoms with Crippen molar-refractivity contribution in [1.82, 2.24) is 5.32 Å². The van der Waals surface area contributed by atoms with Gasteiger partial charge in [0, 0.05) is 23.0 Å². The third kappa shape index (κ3) is 4.30. The Hall–Kier alpha value is -0.380. The monoisotopic (exact) mass is 317 g/mol. The molecule has 1 N–H and O–H groups in total. The Kier molecular flexibility index (Phi) is 5.04. The van der Waals surface area contributed by atoms with Crippen LogP contribution in [0.4, 0.5) is 0 Å². The number of hydrogen-bond acceptors (Lipinski definition) is 2. The van der Waals surface area contributed by atoms with E-state index < -0.39 is 0 Å². The second kappa shape index (κ2) is 6.38. The van der Waals surface area contributed by atoms with Crippen LogP contribution < -0.4 is 5.32 Å². The van der Waals surface area contributed by atoms with Crippen molar-refractivity contribution < 1.29 is 4.79 Å². The Labute approximate surface area is 129 Å². The van der Waals surface area contributed by atoms with Gasteiger partial charge in [-0.3, -0.25) is 4.79 Å². The lowest BCUT2D eigenvalue weighted by Gasteiger charge is -2.12. The number of rotatable bonds is 6. The molecule has 1 amide bonds. The Bertz CT molecular complexity index is 475. The average molecular weight is 318 g/mol. The number of amides is 1. The van der Waals surface area contributed by atoms with Gasteiger partial charge in [-0.15, -0.1) is 0 Å². The molecule has 0 aromatic heterocycles. The van der Waals surface area contributed by atoms with Crippen LogP contribution in [0.25, 0.3) is 0 Å². The van der Waals surface area contributed by atoms with E-state index in [4.69, 9.17) is 23.2 Å². The van der Waals surface area contributed by atoms with Crippen molar-refractivity contribution in [3.05, 3.63) is 33.8 Å². The summed E-state index contributed by atoms with van der Waals surface area (Å²) in [4.78, 5) is 11.8. The largest absolute Gasteiger partial charge is 0.356 e. The van der Waals surface area contributed by atoms with Crippen LogP contribution in [0, 0.1) is 5.41 Å². The van der Waals surface area contributed by atoms with E-state index in [1.807, 2.05) is 12.1 Å². The number of halogens is 2. The van der Waals surface area contributed by atoms with Gasteiger partial charge in [-0.25, -0.2) is 0 Å². The molecule has 0 atom stereocenters. The molecule has 104 valence electrons. The van der Waals surface area contributed by atoms with Crippen molar-refractivity contribution in [3.63, 3.8) is 0 Å². The van der Waals surface area contributed by atoms with Gasteiger partial charge in [-0.2, -0.15) is 12.6 Å². The summed E-state index contributed by atoms with van der Waals surface area (Å²) >= 11 is 16.2. The topological polar surface area (TPSA) is 29.1 Å². The number of thiol groups is 1. The molecule has 1 aliphatic carbocycles. The van der Waals surface area contributed by atoms with Gasteiger partial charge in [0.05, 0.1) is 0 Å². The lowest BCUT2D eigenvalue weighted by Crippen LogP contribution is -2.28. The van der Waals surface area contributed by atoms with Gasteiger partial charge >= 0.3 is 0 Å². The first-order valence-corrected chi connectivity index (χ1v) is 7.75. The van der Waals surface area contributed by atoms with E-state index in [-0.39, 0.29) is 11.3 Å². The zero-order chi connectivity index (χ0) is 13.9. The van der Waals surface area contributed by atoms with Gasteiger partial charge in [-0.1, -0.05) is 29.3 Å². The summed E-state index contributed by atoms with van der Waals surface area (Å²) in [6, 6.07) is 5.43. The van der Waals surface area contributed by atoms with E-state index in [1.165, 1.54) is 0 Å². The van der Waals surface area contributed by atoms with E-state index in [2.05, 4.69) is 17.9 Å². The molecule has 0 heterocycles. The Morgan fingerprint density at radius 1 is 1.37 bits per heavy atom. The highest BCUT2D eigenvalue weighted by atomic mass is 35.5. The van der Waals surface area contributed by atoms with E-state index >= 15 is 0 Å². The summed E-state index contributed by atoms with van der Waals surface area (Å²) < 4.78 is 0. The highest BCUT2D eigenvalue weighted by Crippen LogP contribution is 2.49. The molecule has 5 heteroatoms. The van der Waals surface area contributed by atoms with E-state index in [0.717, 1.165) is 30.6 Å². The fraction of sp³-hybridized carbons (Fsp3) is 0.500. The van der Waals surface area contributed by atoms with E-state index in [1.54, 1.807) is 6.07 Å². The number of carbonyl (C=O) groups excluding carboxylic acids is 1. The van der Waals surface area contributed by atoms with Gasteiger partial charge in [0.25, 0.3) is 0 Å². The SMILES string of the molecule is O=C(CC1(CS)CC1)NCCc1ccc(Cl)cc1Cl. The molecule has 0 unspecified atom stereocenters. The van der Waals surface area contributed by atoms with Crippen molar-refractivity contribution in [1.29, 1.82) is 0 Å². The van der Waals surface area contributed by atoms with Crippen molar-refractivity contribution >= 4 is 41.7 Å². The van der Waals surface area contributed by atoms with Gasteiger partial charge in [-0.05, 0) is 48.1 Å². The summed E-state index contributed by atoms with van der Waals surface area (Å²) in [6.07, 6.45) is 3.54. The van der Waals surface area contributed by atoms with Crippen molar-refractivity contribution in [2.24, 2.45) is 5.41 Å². The maximum absolute atomic E-state index is 11.8. The summed E-state index contributed by atoms with van der Waals surface area (Å²) in [5, 5.41) is 4.21. The summed E-state index contributed by atoms with van der Waals surface area (Å²) in [7, 11) is 0. The van der Waals surface area contributed by atoms with Gasteiger partial charge < -0.3 is 5.32 Å². The zero-order valence-electron chi connectivity index (χ0n) is 10.6. The summed E-state index contributed by atoms with van der Waals surface area (Å²) in [5.74, 6) is 0.903. The maximum Gasteiger partial charge on any atom is 0.220 e. The second-order valence-electron chi connectivity index (χ2n) is 5.17. The molecule has 0 radical (unpaired) electrons. The number of nitrogens with one attached hydrogen (secondary N) is 1. The lowest BCUT2D eigenvalue weighted by atomic mass is 10.1. The van der Waals surface area contributed by atoms with Crippen molar-refractivity contribution in [3.8, 4) is 0 Å². The molecule has 2 nitrogen and oxygen atoms in total. The van der Waals surface area contributed by atoms with Crippen molar-refractivity contribution in [2.45, 2.75) is 25.7 Å². The highest BCUT2D eigenvalue weighted by molar-refractivity contribution is 7.80. The van der Waals surface area contributed by atoms with Gasteiger partial charge in [0.15, 0.2) is 0 Å². The molecule has 1 saturated carbocycles. The predicted octanol–water partition coefficient (Wildman–Crippen LogP) is 3.75. The second-order valence-corrected chi connectivity index (χ2v) is 6.33. The van der Waals surface area contributed by atoms with Crippen molar-refractivity contribution in [2.75, 3.05) is 12.3 Å². The minimum atomic E-state index is 0.108. The smallest absolute Gasteiger partial charge is 0.220 e. The van der Waals surface area contributed by atoms with Crippen LogP contribution in [0.15, 0.2) is 18.2 Å². The standard InChI is InChI=1S/C14H17Cl2NOS/c15-11-2-1-10(12(16)7-11)3-6-17-13(18)8-14(9-19)4-5-14/h1-2,7,19H,3-6,8-9H2,(H,17,18). The number of benzene rings is 1. The molecule has 0 bridgehead atoms. The van der Waals surface area contributed by atoms with Crippen LogP contribution in [0.1, 0.15) is 24.8 Å². The predicted molar refractivity (Wildman–Crippen MR) is 83.3 cm³/mol. The third-order valence-corrected chi connectivity index (χ3v) is 4.82. The van der Waals surface area contributed by atoms with Crippen LogP contribution >= 0.6 is 35.8 Å². The first-order valence-electron chi connectivity index (χ1n) is 6.36. The maximum atomic E-state index is 11.8. The number of carbonyl (C=O) groups is 1. The molecular formula is C14H17Cl2NOS. The fourth-order valence-electron chi connectivity index (χ4n) is 2.03. The minimum Gasteiger partial charge on any atom is -0.356 e. The zero-order valence-corrected chi connectivity index (χ0v) is 13.0. The van der Waals surface area contributed by atoms with Crippen LogP contribution in [-0.2, 0) is 11.2 Å². The van der Waals surface area contributed by atoms with E-state index in [9.17, 15) is 4.79 Å². The summed E-state index contributed by atoms with van der Waals surface area (Å²) in [6.45, 7) is 0.600. The van der Waals surface area contributed by atoms with Gasteiger partial charge in [0.1, 0.15) is 0 Å². The molecule has 1 aliphatic rings. The third-order valence-electron chi connectivity index (χ3n) is 3.56. The molecule has 1 aromatic rings. The van der Waals surface area contributed by atoms with Gasteiger partial charge in [0.2, 0.25) is 5.91 Å². The first-order chi connectivity index (χ1) is 9.04. The molecule has 0 spiro atoms. The average Bonchev–Trinajstić information content (AvgIpc) is 3.12.